The monoisotopic (exact) mass is 391 g/mol. The fourth-order valence-corrected chi connectivity index (χ4v) is 3.79. The summed E-state index contributed by atoms with van der Waals surface area (Å²) in [5.74, 6) is 0.456. The van der Waals surface area contributed by atoms with Gasteiger partial charge in [0.2, 0.25) is 21.7 Å². The van der Waals surface area contributed by atoms with Crippen molar-refractivity contribution in [1.29, 1.82) is 0 Å². The predicted octanol–water partition coefficient (Wildman–Crippen LogP) is 2.71. The van der Waals surface area contributed by atoms with E-state index >= 15 is 0 Å². The highest BCUT2D eigenvalue weighted by molar-refractivity contribution is 7.89. The van der Waals surface area contributed by atoms with Gasteiger partial charge in [-0.2, -0.15) is 4.98 Å². The van der Waals surface area contributed by atoms with E-state index in [-0.39, 0.29) is 35.1 Å². The zero-order valence-corrected chi connectivity index (χ0v) is 15.6. The molecule has 0 aliphatic heterocycles. The first-order valence-electron chi connectivity index (χ1n) is 8.12. The van der Waals surface area contributed by atoms with E-state index in [1.807, 2.05) is 0 Å². The summed E-state index contributed by atoms with van der Waals surface area (Å²) < 4.78 is 51.3. The third-order valence-corrected chi connectivity index (χ3v) is 5.51. The van der Waals surface area contributed by atoms with Gasteiger partial charge in [0.05, 0.1) is 17.6 Å². The highest BCUT2D eigenvalue weighted by Gasteiger charge is 2.18. The van der Waals surface area contributed by atoms with Gasteiger partial charge in [0.15, 0.2) is 0 Å². The molecule has 0 amide bonds. The number of sulfonamides is 1. The summed E-state index contributed by atoms with van der Waals surface area (Å²) in [5.41, 5.74) is 0.795. The lowest BCUT2D eigenvalue weighted by Gasteiger charge is -2.09. The van der Waals surface area contributed by atoms with Crippen LogP contribution in [0.1, 0.15) is 11.5 Å². The Bertz CT molecular complexity index is 1050. The molecule has 142 valence electrons. The van der Waals surface area contributed by atoms with Gasteiger partial charge in [0, 0.05) is 13.0 Å². The van der Waals surface area contributed by atoms with Gasteiger partial charge >= 0.3 is 0 Å². The van der Waals surface area contributed by atoms with E-state index in [1.165, 1.54) is 19.2 Å². The zero-order chi connectivity index (χ0) is 19.4. The standard InChI is InChI=1S/C18H18FN3O4S/c1-12-11-13(25-2)7-8-16(12)27(23,24)20-10-9-17-21-18(22-26-17)14-5-3-4-6-15(14)19/h3-8,11,20H,9-10H2,1-2H3. The van der Waals surface area contributed by atoms with E-state index in [4.69, 9.17) is 9.26 Å². The molecule has 1 heterocycles. The van der Waals surface area contributed by atoms with Crippen LogP contribution in [-0.4, -0.2) is 32.2 Å². The number of rotatable bonds is 7. The van der Waals surface area contributed by atoms with Gasteiger partial charge in [0.25, 0.3) is 0 Å². The molecule has 27 heavy (non-hydrogen) atoms. The maximum Gasteiger partial charge on any atom is 0.240 e. The maximum absolute atomic E-state index is 13.8. The Morgan fingerprint density at radius 1 is 1.22 bits per heavy atom. The molecule has 7 nitrogen and oxygen atoms in total. The number of methoxy groups -OCH3 is 1. The van der Waals surface area contributed by atoms with Crippen LogP contribution in [0, 0.1) is 12.7 Å². The van der Waals surface area contributed by atoms with Gasteiger partial charge in [-0.1, -0.05) is 17.3 Å². The molecule has 3 rings (SSSR count). The second-order valence-electron chi connectivity index (χ2n) is 5.77. The molecule has 1 N–H and O–H groups in total. The molecule has 0 aliphatic rings. The van der Waals surface area contributed by atoms with Crippen LogP contribution >= 0.6 is 0 Å². The fourth-order valence-electron chi connectivity index (χ4n) is 2.53. The average Bonchev–Trinajstić information content (AvgIpc) is 3.10. The summed E-state index contributed by atoms with van der Waals surface area (Å²) in [7, 11) is -2.18. The van der Waals surface area contributed by atoms with Crippen molar-refractivity contribution in [3.8, 4) is 17.1 Å². The first-order valence-corrected chi connectivity index (χ1v) is 9.61. The Kier molecular flexibility index (Phi) is 5.52. The second kappa shape index (κ2) is 7.85. The second-order valence-corrected chi connectivity index (χ2v) is 7.51. The van der Waals surface area contributed by atoms with Gasteiger partial charge in [0.1, 0.15) is 11.6 Å². The lowest BCUT2D eigenvalue weighted by atomic mass is 10.2. The summed E-state index contributed by atoms with van der Waals surface area (Å²) in [4.78, 5) is 4.27. The molecule has 0 saturated carbocycles. The Labute approximate surface area is 156 Å². The van der Waals surface area contributed by atoms with Gasteiger partial charge in [-0.15, -0.1) is 0 Å². The van der Waals surface area contributed by atoms with E-state index in [0.717, 1.165) is 0 Å². The Morgan fingerprint density at radius 2 is 2.00 bits per heavy atom. The summed E-state index contributed by atoms with van der Waals surface area (Å²) in [6, 6.07) is 10.8. The highest BCUT2D eigenvalue weighted by atomic mass is 32.2. The van der Waals surface area contributed by atoms with Crippen LogP contribution in [0.2, 0.25) is 0 Å². The predicted molar refractivity (Wildman–Crippen MR) is 96.3 cm³/mol. The number of nitrogens with one attached hydrogen (secondary N) is 1. The number of aryl methyl sites for hydroxylation is 1. The molecule has 0 radical (unpaired) electrons. The first kappa shape index (κ1) is 19.0. The Balaban J connectivity index is 1.65. The fraction of sp³-hybridized carbons (Fsp3) is 0.222. The molecule has 0 atom stereocenters. The smallest absolute Gasteiger partial charge is 0.240 e. The Morgan fingerprint density at radius 3 is 2.70 bits per heavy atom. The van der Waals surface area contributed by atoms with Gasteiger partial charge in [-0.05, 0) is 42.8 Å². The molecule has 0 saturated heterocycles. The number of halogens is 1. The lowest BCUT2D eigenvalue weighted by Crippen LogP contribution is -2.26. The lowest BCUT2D eigenvalue weighted by molar-refractivity contribution is 0.378. The molecule has 9 heteroatoms. The van der Waals surface area contributed by atoms with E-state index in [9.17, 15) is 12.8 Å². The van der Waals surface area contributed by atoms with Crippen LogP contribution in [0.3, 0.4) is 0 Å². The van der Waals surface area contributed by atoms with Crippen LogP contribution in [-0.2, 0) is 16.4 Å². The number of ether oxygens (including phenoxy) is 1. The molecule has 0 spiro atoms. The summed E-state index contributed by atoms with van der Waals surface area (Å²) in [6.07, 6.45) is 0.176. The minimum Gasteiger partial charge on any atom is -0.497 e. The molecule has 0 bridgehead atoms. The third kappa shape index (κ3) is 4.32. The maximum atomic E-state index is 13.8. The number of hydrogen-bond donors (Lipinski definition) is 1. The third-order valence-electron chi connectivity index (χ3n) is 3.89. The average molecular weight is 391 g/mol. The minimum absolute atomic E-state index is 0.0622. The van der Waals surface area contributed by atoms with Crippen molar-refractivity contribution in [3.63, 3.8) is 0 Å². The van der Waals surface area contributed by atoms with E-state index in [2.05, 4.69) is 14.9 Å². The van der Waals surface area contributed by atoms with Gasteiger partial charge in [-0.25, -0.2) is 17.5 Å². The topological polar surface area (TPSA) is 94.3 Å². The van der Waals surface area contributed by atoms with Crippen LogP contribution in [0.5, 0.6) is 5.75 Å². The summed E-state index contributed by atoms with van der Waals surface area (Å²) in [5, 5.41) is 3.74. The summed E-state index contributed by atoms with van der Waals surface area (Å²) >= 11 is 0. The number of hydrogen-bond acceptors (Lipinski definition) is 6. The van der Waals surface area contributed by atoms with Crippen LogP contribution < -0.4 is 9.46 Å². The van der Waals surface area contributed by atoms with Crippen molar-refractivity contribution in [2.24, 2.45) is 0 Å². The summed E-state index contributed by atoms with van der Waals surface area (Å²) in [6.45, 7) is 1.75. The largest absolute Gasteiger partial charge is 0.497 e. The number of benzene rings is 2. The molecule has 1 aromatic heterocycles. The molecule has 2 aromatic carbocycles. The van der Waals surface area contributed by atoms with Crippen molar-refractivity contribution in [1.82, 2.24) is 14.9 Å². The van der Waals surface area contributed by atoms with Crippen molar-refractivity contribution >= 4 is 10.0 Å². The molecular formula is C18H18FN3O4S. The van der Waals surface area contributed by atoms with Crippen LogP contribution in [0.15, 0.2) is 51.9 Å². The van der Waals surface area contributed by atoms with Crippen molar-refractivity contribution in [3.05, 3.63) is 59.7 Å². The molecular weight excluding hydrogens is 373 g/mol. The van der Waals surface area contributed by atoms with E-state index in [1.54, 1.807) is 37.3 Å². The number of nitrogens with zero attached hydrogens (tertiary/aromatic N) is 2. The van der Waals surface area contributed by atoms with Crippen molar-refractivity contribution in [2.45, 2.75) is 18.2 Å². The number of aromatic nitrogens is 2. The molecule has 0 fully saturated rings. The van der Waals surface area contributed by atoms with E-state index in [0.29, 0.717) is 11.3 Å². The first-order chi connectivity index (χ1) is 12.9. The van der Waals surface area contributed by atoms with Crippen LogP contribution in [0.4, 0.5) is 4.39 Å². The highest BCUT2D eigenvalue weighted by Crippen LogP contribution is 2.21. The van der Waals surface area contributed by atoms with Gasteiger partial charge < -0.3 is 9.26 Å². The van der Waals surface area contributed by atoms with Crippen molar-refractivity contribution < 1.29 is 22.1 Å². The zero-order valence-electron chi connectivity index (χ0n) is 14.8. The molecule has 3 aromatic rings. The molecule has 0 aliphatic carbocycles. The van der Waals surface area contributed by atoms with Crippen molar-refractivity contribution in [2.75, 3.05) is 13.7 Å². The molecule has 0 unspecified atom stereocenters. The minimum atomic E-state index is -3.69. The van der Waals surface area contributed by atoms with Crippen LogP contribution in [0.25, 0.3) is 11.4 Å². The quantitative estimate of drug-likeness (QED) is 0.666. The normalized spacial score (nSPS) is 11.5. The van der Waals surface area contributed by atoms with Gasteiger partial charge in [-0.3, -0.25) is 0 Å². The Hall–Kier alpha value is -2.78. The van der Waals surface area contributed by atoms with E-state index < -0.39 is 15.8 Å². The SMILES string of the molecule is COc1ccc(S(=O)(=O)NCCc2nc(-c3ccccc3F)no2)c(C)c1.